The molecule has 0 aliphatic rings. The smallest absolute Gasteiger partial charge is 0.266 e. The number of carbonyl (C=O) groups excluding carboxylic acids is 1. The normalized spacial score (nSPS) is 11.2. The summed E-state index contributed by atoms with van der Waals surface area (Å²) >= 11 is 0. The number of hydrogen-bond donors (Lipinski definition) is 1. The first-order valence-corrected chi connectivity index (χ1v) is 10.8. The summed E-state index contributed by atoms with van der Waals surface area (Å²) in [5.41, 5.74) is 3.89. The van der Waals surface area contributed by atoms with E-state index in [-0.39, 0.29) is 18.0 Å². The number of ether oxygens (including phenoxy) is 1. The largest absolute Gasteiger partial charge is 0.488 e. The number of amides is 1. The summed E-state index contributed by atoms with van der Waals surface area (Å²) in [5, 5.41) is 14.4. The molecule has 0 aromatic heterocycles. The summed E-state index contributed by atoms with van der Waals surface area (Å²) < 4.78 is 19.6. The highest BCUT2D eigenvalue weighted by molar-refractivity contribution is 6.11. The maximum atomic E-state index is 13.6. The van der Waals surface area contributed by atoms with Gasteiger partial charge in [-0.2, -0.15) is 5.26 Å². The topological polar surface area (TPSA) is 62.1 Å². The zero-order valence-electron chi connectivity index (χ0n) is 18.9. The number of benzene rings is 4. The van der Waals surface area contributed by atoms with Crippen molar-refractivity contribution < 1.29 is 13.9 Å². The lowest BCUT2D eigenvalue weighted by atomic mass is 10.0. The van der Waals surface area contributed by atoms with Gasteiger partial charge in [-0.3, -0.25) is 4.79 Å². The van der Waals surface area contributed by atoms with Gasteiger partial charge in [-0.05, 0) is 66.1 Å². The van der Waals surface area contributed by atoms with Crippen LogP contribution in [-0.4, -0.2) is 5.91 Å². The molecule has 0 bridgehead atoms. The molecule has 0 heterocycles. The van der Waals surface area contributed by atoms with Gasteiger partial charge in [0, 0.05) is 11.3 Å². The maximum absolute atomic E-state index is 13.6. The van der Waals surface area contributed by atoms with Gasteiger partial charge in [-0.15, -0.1) is 0 Å². The minimum absolute atomic E-state index is 0.0491. The molecule has 5 heteroatoms. The van der Waals surface area contributed by atoms with Crippen molar-refractivity contribution in [2.75, 3.05) is 5.32 Å². The van der Waals surface area contributed by atoms with Gasteiger partial charge < -0.3 is 10.1 Å². The SMILES string of the molecule is Cc1ccc(NC(=O)/C(C#N)=C/c2c(OCc3cccc(F)c3)ccc3ccccc23)c(C)c1. The van der Waals surface area contributed by atoms with Crippen molar-refractivity contribution in [2.45, 2.75) is 20.5 Å². The molecule has 0 radical (unpaired) electrons. The van der Waals surface area contributed by atoms with E-state index in [9.17, 15) is 14.4 Å². The Labute approximate surface area is 197 Å². The molecule has 4 aromatic rings. The van der Waals surface area contributed by atoms with E-state index >= 15 is 0 Å². The van der Waals surface area contributed by atoms with E-state index < -0.39 is 5.91 Å². The van der Waals surface area contributed by atoms with Crippen LogP contribution in [0.25, 0.3) is 16.8 Å². The number of nitrogens with zero attached hydrogens (tertiary/aromatic N) is 1. The van der Waals surface area contributed by atoms with Crippen molar-refractivity contribution in [1.29, 1.82) is 5.26 Å². The lowest BCUT2D eigenvalue weighted by Crippen LogP contribution is -2.14. The average molecular weight is 451 g/mol. The molecule has 1 N–H and O–H groups in total. The Bertz CT molecular complexity index is 1450. The third-order valence-corrected chi connectivity index (χ3v) is 5.50. The molecule has 4 nitrogen and oxygen atoms in total. The van der Waals surface area contributed by atoms with Gasteiger partial charge in [0.15, 0.2) is 0 Å². The van der Waals surface area contributed by atoms with Crippen LogP contribution in [0, 0.1) is 31.0 Å². The van der Waals surface area contributed by atoms with Crippen LogP contribution >= 0.6 is 0 Å². The fourth-order valence-corrected chi connectivity index (χ4v) is 3.77. The van der Waals surface area contributed by atoms with Gasteiger partial charge in [0.05, 0.1) is 0 Å². The Morgan fingerprint density at radius 3 is 2.62 bits per heavy atom. The molecule has 0 unspecified atom stereocenters. The predicted octanol–water partition coefficient (Wildman–Crippen LogP) is 6.72. The number of aryl methyl sites for hydroxylation is 2. The molecule has 0 saturated heterocycles. The fraction of sp³-hybridized carbons (Fsp3) is 0.103. The van der Waals surface area contributed by atoms with E-state index in [0.29, 0.717) is 22.6 Å². The van der Waals surface area contributed by atoms with Crippen LogP contribution < -0.4 is 10.1 Å². The minimum atomic E-state index is -0.501. The molecule has 0 saturated carbocycles. The van der Waals surface area contributed by atoms with Gasteiger partial charge >= 0.3 is 0 Å². The third-order valence-electron chi connectivity index (χ3n) is 5.50. The number of rotatable bonds is 6. The molecular weight excluding hydrogens is 427 g/mol. The van der Waals surface area contributed by atoms with E-state index in [1.807, 2.05) is 68.4 Å². The molecule has 0 atom stereocenters. The van der Waals surface area contributed by atoms with Crippen molar-refractivity contribution in [1.82, 2.24) is 0 Å². The van der Waals surface area contributed by atoms with Crippen LogP contribution in [0.1, 0.15) is 22.3 Å². The van der Waals surface area contributed by atoms with Gasteiger partial charge in [0.2, 0.25) is 0 Å². The van der Waals surface area contributed by atoms with Crippen LogP contribution in [-0.2, 0) is 11.4 Å². The molecule has 4 aromatic carbocycles. The van der Waals surface area contributed by atoms with Crippen LogP contribution in [0.5, 0.6) is 5.75 Å². The van der Waals surface area contributed by atoms with Crippen molar-refractivity contribution >= 4 is 28.4 Å². The van der Waals surface area contributed by atoms with Gasteiger partial charge in [-0.1, -0.05) is 60.2 Å². The monoisotopic (exact) mass is 450 g/mol. The lowest BCUT2D eigenvalue weighted by molar-refractivity contribution is -0.112. The molecule has 0 fully saturated rings. The fourth-order valence-electron chi connectivity index (χ4n) is 3.77. The summed E-state index contributed by atoms with van der Waals surface area (Å²) in [7, 11) is 0. The Kier molecular flexibility index (Phi) is 6.70. The number of nitrogens with one attached hydrogen (secondary N) is 1. The van der Waals surface area contributed by atoms with Crippen molar-refractivity contribution in [3.63, 3.8) is 0 Å². The van der Waals surface area contributed by atoms with Crippen LogP contribution in [0.15, 0.2) is 84.4 Å². The number of fused-ring (bicyclic) bond motifs is 1. The second-order valence-corrected chi connectivity index (χ2v) is 8.06. The number of nitriles is 1. The van der Waals surface area contributed by atoms with Gasteiger partial charge in [-0.25, -0.2) is 4.39 Å². The maximum Gasteiger partial charge on any atom is 0.266 e. The minimum Gasteiger partial charge on any atom is -0.488 e. The first kappa shape index (κ1) is 22.8. The van der Waals surface area contributed by atoms with Gasteiger partial charge in [0.1, 0.15) is 29.8 Å². The van der Waals surface area contributed by atoms with Crippen molar-refractivity contribution in [3.8, 4) is 11.8 Å². The quantitative estimate of drug-likeness (QED) is 0.262. The Morgan fingerprint density at radius 2 is 1.85 bits per heavy atom. The highest BCUT2D eigenvalue weighted by atomic mass is 19.1. The number of anilines is 1. The zero-order chi connectivity index (χ0) is 24.1. The summed E-state index contributed by atoms with van der Waals surface area (Å²) in [4.78, 5) is 13.0. The van der Waals surface area contributed by atoms with Gasteiger partial charge in [0.25, 0.3) is 5.91 Å². The molecule has 4 rings (SSSR count). The highest BCUT2D eigenvalue weighted by Gasteiger charge is 2.15. The molecular formula is C29H23FN2O2. The van der Waals surface area contributed by atoms with Crippen LogP contribution in [0.4, 0.5) is 10.1 Å². The molecule has 0 aliphatic heterocycles. The predicted molar refractivity (Wildman–Crippen MR) is 133 cm³/mol. The lowest BCUT2D eigenvalue weighted by Gasteiger charge is -2.13. The Balaban J connectivity index is 1.70. The van der Waals surface area contributed by atoms with E-state index in [0.717, 1.165) is 21.9 Å². The molecule has 1 amide bonds. The second kappa shape index (κ2) is 10.0. The zero-order valence-corrected chi connectivity index (χ0v) is 18.9. The Morgan fingerprint density at radius 1 is 1.03 bits per heavy atom. The number of halogens is 1. The molecule has 34 heavy (non-hydrogen) atoms. The van der Waals surface area contributed by atoms with Crippen LogP contribution in [0.3, 0.4) is 0 Å². The molecule has 168 valence electrons. The highest BCUT2D eigenvalue weighted by Crippen LogP contribution is 2.31. The number of carbonyl (C=O) groups is 1. The summed E-state index contributed by atoms with van der Waals surface area (Å²) in [6.45, 7) is 4.03. The van der Waals surface area contributed by atoms with E-state index in [1.165, 1.54) is 12.1 Å². The first-order valence-electron chi connectivity index (χ1n) is 10.8. The molecule has 0 spiro atoms. The van der Waals surface area contributed by atoms with E-state index in [4.69, 9.17) is 4.74 Å². The number of hydrogen-bond acceptors (Lipinski definition) is 3. The van der Waals surface area contributed by atoms with Crippen LogP contribution in [0.2, 0.25) is 0 Å². The van der Waals surface area contributed by atoms with E-state index in [2.05, 4.69) is 5.32 Å². The second-order valence-electron chi connectivity index (χ2n) is 8.06. The van der Waals surface area contributed by atoms with Crippen molar-refractivity contribution in [2.24, 2.45) is 0 Å². The third kappa shape index (κ3) is 5.13. The summed E-state index contributed by atoms with van der Waals surface area (Å²) in [6.07, 6.45) is 1.54. The average Bonchev–Trinajstić information content (AvgIpc) is 2.83. The van der Waals surface area contributed by atoms with Crippen molar-refractivity contribution in [3.05, 3.63) is 113 Å². The standard InChI is InChI=1S/C29H23FN2O2/c1-19-10-12-27(20(2)14-19)32-29(33)23(17-31)16-26-25-9-4-3-7-22(25)11-13-28(26)34-18-21-6-5-8-24(30)15-21/h3-16H,18H2,1-2H3,(H,32,33)/b23-16+. The molecule has 0 aliphatic carbocycles. The first-order chi connectivity index (χ1) is 16.4. The Hall–Kier alpha value is -4.43. The van der Waals surface area contributed by atoms with E-state index in [1.54, 1.807) is 24.3 Å². The summed E-state index contributed by atoms with van der Waals surface area (Å²) in [6, 6.07) is 25.3. The summed E-state index contributed by atoms with van der Waals surface area (Å²) in [5.74, 6) is -0.344.